The fraction of sp³-hybridized carbons (Fsp3) is 0.923. The van der Waals surface area contributed by atoms with Gasteiger partial charge in [-0.15, -0.1) is 0 Å². The van der Waals surface area contributed by atoms with E-state index in [4.69, 9.17) is 5.73 Å². The third kappa shape index (κ3) is 3.73. The lowest BCUT2D eigenvalue weighted by molar-refractivity contribution is -0.132. The fourth-order valence-corrected chi connectivity index (χ4v) is 3.02. The predicted octanol–water partition coefficient (Wildman–Crippen LogP) is 1.67. The van der Waals surface area contributed by atoms with Gasteiger partial charge in [0.05, 0.1) is 0 Å². The molecule has 0 aromatic carbocycles. The molecular formula is C13H24BN2O. The van der Waals surface area contributed by atoms with Gasteiger partial charge in [-0.05, 0) is 31.6 Å². The molecule has 1 heterocycles. The van der Waals surface area contributed by atoms with Crippen LogP contribution in [0.1, 0.15) is 39.0 Å². The highest BCUT2D eigenvalue weighted by atomic mass is 16.2. The van der Waals surface area contributed by atoms with Crippen molar-refractivity contribution in [2.75, 3.05) is 13.1 Å². The molecule has 2 fully saturated rings. The first kappa shape index (κ1) is 12.9. The van der Waals surface area contributed by atoms with Gasteiger partial charge in [0, 0.05) is 25.6 Å². The Kier molecular flexibility index (Phi) is 4.49. The summed E-state index contributed by atoms with van der Waals surface area (Å²) in [5.74, 6) is 1.52. The van der Waals surface area contributed by atoms with Crippen molar-refractivity contribution in [3.05, 3.63) is 0 Å². The van der Waals surface area contributed by atoms with Crippen molar-refractivity contribution in [3.63, 3.8) is 0 Å². The van der Waals surface area contributed by atoms with E-state index < -0.39 is 0 Å². The molecule has 0 aromatic rings. The summed E-state index contributed by atoms with van der Waals surface area (Å²) in [4.78, 5) is 14.2. The van der Waals surface area contributed by atoms with Crippen LogP contribution in [-0.2, 0) is 4.79 Å². The van der Waals surface area contributed by atoms with E-state index >= 15 is 0 Å². The highest BCUT2D eigenvalue weighted by Crippen LogP contribution is 2.27. The standard InChI is InChI=1S/C13H24BN2O/c1-10-9-16(7-6-14-10)13(17)8-11-2-4-12(15)5-3-11/h10-12H,2-9,15H2,1H3. The molecule has 1 atom stereocenters. The van der Waals surface area contributed by atoms with Gasteiger partial charge in [-0.1, -0.05) is 19.1 Å². The van der Waals surface area contributed by atoms with E-state index in [0.717, 1.165) is 51.5 Å². The maximum atomic E-state index is 12.2. The SMILES string of the molecule is CC1[B]CCN(C(=O)CC2CCC(N)CC2)C1. The van der Waals surface area contributed by atoms with Crippen molar-refractivity contribution in [1.82, 2.24) is 4.90 Å². The number of nitrogens with two attached hydrogens (primary N) is 1. The minimum Gasteiger partial charge on any atom is -0.344 e. The van der Waals surface area contributed by atoms with Crippen LogP contribution in [-0.4, -0.2) is 37.2 Å². The third-order valence-corrected chi connectivity index (χ3v) is 4.18. The molecule has 1 saturated heterocycles. The first-order chi connectivity index (χ1) is 8.15. The van der Waals surface area contributed by atoms with Gasteiger partial charge < -0.3 is 10.6 Å². The van der Waals surface area contributed by atoms with Gasteiger partial charge in [0.1, 0.15) is 7.28 Å². The summed E-state index contributed by atoms with van der Waals surface area (Å²) in [6, 6.07) is 0.381. The van der Waals surface area contributed by atoms with Crippen LogP contribution in [0.25, 0.3) is 0 Å². The van der Waals surface area contributed by atoms with Gasteiger partial charge in [0.2, 0.25) is 5.91 Å². The van der Waals surface area contributed by atoms with Crippen molar-refractivity contribution >= 4 is 13.2 Å². The molecule has 1 amide bonds. The molecule has 1 radical (unpaired) electrons. The Hall–Kier alpha value is -0.505. The second kappa shape index (κ2) is 5.90. The fourth-order valence-electron chi connectivity index (χ4n) is 3.02. The van der Waals surface area contributed by atoms with Gasteiger partial charge >= 0.3 is 0 Å². The van der Waals surface area contributed by atoms with Gasteiger partial charge in [-0.2, -0.15) is 0 Å². The zero-order valence-electron chi connectivity index (χ0n) is 10.9. The molecule has 0 spiro atoms. The lowest BCUT2D eigenvalue weighted by Crippen LogP contribution is -2.40. The van der Waals surface area contributed by atoms with Crippen LogP contribution >= 0.6 is 0 Å². The van der Waals surface area contributed by atoms with Crippen LogP contribution < -0.4 is 5.73 Å². The third-order valence-electron chi connectivity index (χ3n) is 4.18. The lowest BCUT2D eigenvalue weighted by Gasteiger charge is -2.33. The normalized spacial score (nSPS) is 34.2. The van der Waals surface area contributed by atoms with Crippen LogP contribution in [0, 0.1) is 5.92 Å². The van der Waals surface area contributed by atoms with Crippen molar-refractivity contribution < 1.29 is 4.79 Å². The summed E-state index contributed by atoms with van der Waals surface area (Å²) in [6.45, 7) is 4.04. The predicted molar refractivity (Wildman–Crippen MR) is 71.1 cm³/mol. The summed E-state index contributed by atoms with van der Waals surface area (Å²) < 4.78 is 0. The molecule has 3 nitrogen and oxygen atoms in total. The second-order valence-corrected chi connectivity index (χ2v) is 5.83. The minimum atomic E-state index is 0.366. The number of hydrogen-bond acceptors (Lipinski definition) is 2. The highest BCUT2D eigenvalue weighted by Gasteiger charge is 2.26. The summed E-state index contributed by atoms with van der Waals surface area (Å²) in [5, 5.41) is 0. The molecular weight excluding hydrogens is 211 g/mol. The van der Waals surface area contributed by atoms with Crippen LogP contribution in [0.3, 0.4) is 0 Å². The Morgan fingerprint density at radius 2 is 2.06 bits per heavy atom. The maximum Gasteiger partial charge on any atom is 0.222 e. The molecule has 4 heteroatoms. The van der Waals surface area contributed by atoms with E-state index in [1.165, 1.54) is 0 Å². The lowest BCUT2D eigenvalue weighted by atomic mass is 9.60. The van der Waals surface area contributed by atoms with E-state index in [2.05, 4.69) is 19.1 Å². The van der Waals surface area contributed by atoms with Gasteiger partial charge in [0.25, 0.3) is 0 Å². The molecule has 0 aromatic heterocycles. The molecule has 0 bridgehead atoms. The van der Waals surface area contributed by atoms with Crippen LogP contribution in [0.15, 0.2) is 0 Å². The van der Waals surface area contributed by atoms with Crippen molar-refractivity contribution in [1.29, 1.82) is 0 Å². The van der Waals surface area contributed by atoms with Crippen molar-refractivity contribution in [2.24, 2.45) is 11.7 Å². The number of amides is 1. The van der Waals surface area contributed by atoms with E-state index in [1.807, 2.05) is 0 Å². The molecule has 1 aliphatic carbocycles. The molecule has 2 rings (SSSR count). The van der Waals surface area contributed by atoms with Gasteiger partial charge in [0.15, 0.2) is 0 Å². The Morgan fingerprint density at radius 3 is 2.71 bits per heavy atom. The van der Waals surface area contributed by atoms with Crippen LogP contribution in [0.2, 0.25) is 12.1 Å². The molecule has 95 valence electrons. The van der Waals surface area contributed by atoms with Crippen LogP contribution in [0.5, 0.6) is 0 Å². The first-order valence-electron chi connectivity index (χ1n) is 7.02. The Morgan fingerprint density at radius 1 is 1.35 bits per heavy atom. The number of hydrogen-bond donors (Lipinski definition) is 1. The molecule has 1 aliphatic heterocycles. The average molecular weight is 235 g/mol. The Bertz CT molecular complexity index is 264. The molecule has 17 heavy (non-hydrogen) atoms. The summed E-state index contributed by atoms with van der Waals surface area (Å²) in [6.07, 6.45) is 6.29. The van der Waals surface area contributed by atoms with Crippen molar-refractivity contribution in [3.8, 4) is 0 Å². The first-order valence-corrected chi connectivity index (χ1v) is 7.02. The smallest absolute Gasteiger partial charge is 0.222 e. The average Bonchev–Trinajstić information content (AvgIpc) is 2.32. The molecule has 2 aliphatic rings. The van der Waals surface area contributed by atoms with Gasteiger partial charge in [-0.3, -0.25) is 4.79 Å². The summed E-state index contributed by atoms with van der Waals surface area (Å²) in [5.41, 5.74) is 5.89. The molecule has 1 unspecified atom stereocenters. The summed E-state index contributed by atoms with van der Waals surface area (Å²) >= 11 is 0. The monoisotopic (exact) mass is 235 g/mol. The summed E-state index contributed by atoms with van der Waals surface area (Å²) in [7, 11) is 2.32. The zero-order valence-corrected chi connectivity index (χ0v) is 10.9. The van der Waals surface area contributed by atoms with Crippen LogP contribution in [0.4, 0.5) is 0 Å². The molecule has 2 N–H and O–H groups in total. The number of carbonyl (C=O) groups is 1. The van der Waals surface area contributed by atoms with E-state index in [9.17, 15) is 4.79 Å². The number of rotatable bonds is 2. The second-order valence-electron chi connectivity index (χ2n) is 5.83. The minimum absolute atomic E-state index is 0.366. The molecule has 1 saturated carbocycles. The highest BCUT2D eigenvalue weighted by molar-refractivity contribution is 6.38. The quantitative estimate of drug-likeness (QED) is 0.740. The largest absolute Gasteiger partial charge is 0.344 e. The Labute approximate surface area is 105 Å². The van der Waals surface area contributed by atoms with E-state index in [0.29, 0.717) is 23.7 Å². The Balaban J connectivity index is 1.76. The topological polar surface area (TPSA) is 46.3 Å². The zero-order chi connectivity index (χ0) is 12.3. The van der Waals surface area contributed by atoms with Crippen molar-refractivity contribution in [2.45, 2.75) is 57.2 Å². The van der Waals surface area contributed by atoms with Gasteiger partial charge in [-0.25, -0.2) is 0 Å². The number of carbonyl (C=O) groups excluding carboxylic acids is 1. The van der Waals surface area contributed by atoms with E-state index in [-0.39, 0.29) is 0 Å². The maximum absolute atomic E-state index is 12.2. The number of nitrogens with zero attached hydrogens (tertiary/aromatic N) is 1. The van der Waals surface area contributed by atoms with E-state index in [1.54, 1.807) is 0 Å².